The van der Waals surface area contributed by atoms with Crippen LogP contribution in [0.15, 0.2) is 35.7 Å². The summed E-state index contributed by atoms with van der Waals surface area (Å²) in [5.41, 5.74) is 2.03. The first-order valence-corrected chi connectivity index (χ1v) is 7.36. The van der Waals surface area contributed by atoms with Gasteiger partial charge in [0, 0.05) is 16.9 Å². The monoisotopic (exact) mass is 274 g/mol. The quantitative estimate of drug-likeness (QED) is 0.907. The molecule has 0 spiro atoms. The maximum Gasteiger partial charge on any atom is 0.223 e. The summed E-state index contributed by atoms with van der Waals surface area (Å²) in [5.74, 6) is 0.156. The lowest BCUT2D eigenvalue weighted by Crippen LogP contribution is -2.28. The summed E-state index contributed by atoms with van der Waals surface area (Å²) in [6, 6.07) is 10.1. The van der Waals surface area contributed by atoms with Crippen molar-refractivity contribution >= 4 is 17.2 Å². The van der Waals surface area contributed by atoms with Gasteiger partial charge < -0.3 is 5.32 Å². The fourth-order valence-electron chi connectivity index (χ4n) is 1.64. The molecule has 0 bridgehead atoms. The molecule has 0 radical (unpaired) electrons. The van der Waals surface area contributed by atoms with Gasteiger partial charge in [0.25, 0.3) is 0 Å². The molecule has 1 N–H and O–H groups in total. The Morgan fingerprint density at radius 2 is 2.11 bits per heavy atom. The van der Waals surface area contributed by atoms with Gasteiger partial charge in [-0.15, -0.1) is 11.3 Å². The number of thiazole rings is 1. The van der Waals surface area contributed by atoms with Crippen LogP contribution in [-0.2, 0) is 11.3 Å². The SMILES string of the molecule is CC[C@H](C)C(=O)NCc1csc(-c2ccccc2)n1. The second kappa shape index (κ2) is 6.48. The van der Waals surface area contributed by atoms with Gasteiger partial charge in [0.15, 0.2) is 0 Å². The standard InChI is InChI=1S/C15H18N2OS/c1-3-11(2)14(18)16-9-13-10-19-15(17-13)12-7-5-4-6-8-12/h4-8,10-11H,3,9H2,1-2H3,(H,16,18)/t11-/m0/s1. The van der Waals surface area contributed by atoms with E-state index >= 15 is 0 Å². The maximum absolute atomic E-state index is 11.7. The van der Waals surface area contributed by atoms with Crippen molar-refractivity contribution in [2.45, 2.75) is 26.8 Å². The zero-order valence-corrected chi connectivity index (χ0v) is 12.0. The minimum Gasteiger partial charge on any atom is -0.350 e. The van der Waals surface area contributed by atoms with Crippen LogP contribution in [0.5, 0.6) is 0 Å². The second-order valence-electron chi connectivity index (χ2n) is 4.54. The third-order valence-electron chi connectivity index (χ3n) is 3.08. The third-order valence-corrected chi connectivity index (χ3v) is 4.02. The van der Waals surface area contributed by atoms with Crippen LogP contribution in [0.4, 0.5) is 0 Å². The Bertz CT molecular complexity index is 536. The highest BCUT2D eigenvalue weighted by atomic mass is 32.1. The molecule has 4 heteroatoms. The summed E-state index contributed by atoms with van der Waals surface area (Å²) in [5, 5.41) is 5.91. The summed E-state index contributed by atoms with van der Waals surface area (Å²) < 4.78 is 0. The number of rotatable bonds is 5. The number of benzene rings is 1. The van der Waals surface area contributed by atoms with Crippen LogP contribution in [0.25, 0.3) is 10.6 Å². The molecule has 3 nitrogen and oxygen atoms in total. The number of amides is 1. The van der Waals surface area contributed by atoms with Gasteiger partial charge in [0.1, 0.15) is 5.01 Å². The zero-order valence-electron chi connectivity index (χ0n) is 11.2. The van der Waals surface area contributed by atoms with Gasteiger partial charge in [-0.25, -0.2) is 4.98 Å². The first-order valence-electron chi connectivity index (χ1n) is 6.48. The van der Waals surface area contributed by atoms with Gasteiger partial charge in [-0.1, -0.05) is 44.2 Å². The van der Waals surface area contributed by atoms with Gasteiger partial charge in [-0.2, -0.15) is 0 Å². The topological polar surface area (TPSA) is 42.0 Å². The number of nitrogens with zero attached hydrogens (tertiary/aromatic N) is 1. The van der Waals surface area contributed by atoms with Crippen LogP contribution >= 0.6 is 11.3 Å². The number of carbonyl (C=O) groups is 1. The van der Waals surface area contributed by atoms with E-state index in [1.807, 2.05) is 49.6 Å². The number of aromatic nitrogens is 1. The molecule has 0 aliphatic carbocycles. The van der Waals surface area contributed by atoms with Crippen LogP contribution in [-0.4, -0.2) is 10.9 Å². The molecule has 0 saturated carbocycles. The van der Waals surface area contributed by atoms with E-state index in [-0.39, 0.29) is 11.8 Å². The van der Waals surface area contributed by atoms with Crippen molar-refractivity contribution in [1.82, 2.24) is 10.3 Å². The maximum atomic E-state index is 11.7. The van der Waals surface area contributed by atoms with Crippen molar-refractivity contribution in [3.8, 4) is 10.6 Å². The second-order valence-corrected chi connectivity index (χ2v) is 5.40. The number of nitrogens with one attached hydrogen (secondary N) is 1. The molecule has 0 saturated heterocycles. The number of hydrogen-bond donors (Lipinski definition) is 1. The summed E-state index contributed by atoms with van der Waals surface area (Å²) >= 11 is 1.61. The summed E-state index contributed by atoms with van der Waals surface area (Å²) in [6.07, 6.45) is 0.859. The van der Waals surface area contributed by atoms with E-state index in [0.29, 0.717) is 6.54 Å². The Labute approximate surface area is 117 Å². The Morgan fingerprint density at radius 3 is 2.79 bits per heavy atom. The van der Waals surface area contributed by atoms with Gasteiger partial charge in [0.05, 0.1) is 12.2 Å². The van der Waals surface area contributed by atoms with Crippen molar-refractivity contribution in [1.29, 1.82) is 0 Å². The molecule has 0 aliphatic heterocycles. The van der Waals surface area contributed by atoms with Crippen LogP contribution in [0.1, 0.15) is 26.0 Å². The average Bonchev–Trinajstić information content (AvgIpc) is 2.93. The van der Waals surface area contributed by atoms with Crippen LogP contribution < -0.4 is 5.32 Å². The molecule has 0 unspecified atom stereocenters. The Kier molecular flexibility index (Phi) is 4.68. The van der Waals surface area contributed by atoms with E-state index in [9.17, 15) is 4.79 Å². The molecule has 0 aliphatic rings. The van der Waals surface area contributed by atoms with Gasteiger partial charge >= 0.3 is 0 Å². The molecule has 1 amide bonds. The average molecular weight is 274 g/mol. The Morgan fingerprint density at radius 1 is 1.37 bits per heavy atom. The van der Waals surface area contributed by atoms with Crippen LogP contribution in [0.3, 0.4) is 0 Å². The van der Waals surface area contributed by atoms with E-state index in [2.05, 4.69) is 10.3 Å². The summed E-state index contributed by atoms with van der Waals surface area (Å²) in [4.78, 5) is 16.2. The van der Waals surface area contributed by atoms with E-state index in [1.165, 1.54) is 0 Å². The predicted octanol–water partition coefficient (Wildman–Crippen LogP) is 3.47. The highest BCUT2D eigenvalue weighted by molar-refractivity contribution is 7.13. The minimum atomic E-state index is 0.0622. The molecule has 19 heavy (non-hydrogen) atoms. The van der Waals surface area contributed by atoms with Crippen molar-refractivity contribution < 1.29 is 4.79 Å². The van der Waals surface area contributed by atoms with Crippen molar-refractivity contribution in [2.75, 3.05) is 0 Å². The van der Waals surface area contributed by atoms with Crippen LogP contribution in [0, 0.1) is 5.92 Å². The van der Waals surface area contributed by atoms with E-state index in [1.54, 1.807) is 11.3 Å². The lowest BCUT2D eigenvalue weighted by Gasteiger charge is -2.08. The van der Waals surface area contributed by atoms with Crippen molar-refractivity contribution in [3.63, 3.8) is 0 Å². The fraction of sp³-hybridized carbons (Fsp3) is 0.333. The molecule has 2 aromatic rings. The number of carbonyl (C=O) groups excluding carboxylic acids is 1. The Hall–Kier alpha value is -1.68. The highest BCUT2D eigenvalue weighted by Gasteiger charge is 2.11. The highest BCUT2D eigenvalue weighted by Crippen LogP contribution is 2.23. The fourth-order valence-corrected chi connectivity index (χ4v) is 2.46. The minimum absolute atomic E-state index is 0.0622. The molecule has 1 atom stereocenters. The van der Waals surface area contributed by atoms with Gasteiger partial charge in [-0.3, -0.25) is 4.79 Å². The zero-order chi connectivity index (χ0) is 13.7. The van der Waals surface area contributed by atoms with Gasteiger partial charge in [0.2, 0.25) is 5.91 Å². The molecule has 100 valence electrons. The molecule has 1 heterocycles. The third kappa shape index (κ3) is 3.64. The number of hydrogen-bond acceptors (Lipinski definition) is 3. The molecular weight excluding hydrogens is 256 g/mol. The first kappa shape index (κ1) is 13.7. The molecule has 2 rings (SSSR count). The lowest BCUT2D eigenvalue weighted by molar-refractivity contribution is -0.124. The smallest absolute Gasteiger partial charge is 0.223 e. The largest absolute Gasteiger partial charge is 0.350 e. The molecular formula is C15H18N2OS. The summed E-state index contributed by atoms with van der Waals surface area (Å²) in [7, 11) is 0. The van der Waals surface area contributed by atoms with E-state index in [0.717, 1.165) is 22.7 Å². The summed E-state index contributed by atoms with van der Waals surface area (Å²) in [6.45, 7) is 4.46. The van der Waals surface area contributed by atoms with Crippen LogP contribution in [0.2, 0.25) is 0 Å². The van der Waals surface area contributed by atoms with E-state index < -0.39 is 0 Å². The lowest BCUT2D eigenvalue weighted by atomic mass is 10.1. The first-order chi connectivity index (χ1) is 9.20. The normalized spacial score (nSPS) is 12.1. The molecule has 1 aromatic heterocycles. The van der Waals surface area contributed by atoms with Crippen molar-refractivity contribution in [2.24, 2.45) is 5.92 Å². The molecule has 1 aromatic carbocycles. The van der Waals surface area contributed by atoms with Gasteiger partial charge in [-0.05, 0) is 6.42 Å². The Balaban J connectivity index is 1.97. The van der Waals surface area contributed by atoms with E-state index in [4.69, 9.17) is 0 Å². The molecule has 0 fully saturated rings. The van der Waals surface area contributed by atoms with Crippen molar-refractivity contribution in [3.05, 3.63) is 41.4 Å². The predicted molar refractivity (Wildman–Crippen MR) is 78.9 cm³/mol.